The second kappa shape index (κ2) is 9.15. The molecule has 1 aliphatic heterocycles. The Hall–Kier alpha value is -2.91. The maximum atomic E-state index is 14.5. The molecule has 2 aliphatic rings. The molecule has 33 heavy (non-hydrogen) atoms. The van der Waals surface area contributed by atoms with Gasteiger partial charge in [0.2, 0.25) is 5.91 Å². The topological polar surface area (TPSA) is 68.0 Å². The summed E-state index contributed by atoms with van der Waals surface area (Å²) in [5, 5.41) is 7.67. The van der Waals surface area contributed by atoms with Crippen molar-refractivity contribution in [2.45, 2.75) is 45.3 Å². The van der Waals surface area contributed by atoms with Crippen LogP contribution in [0.2, 0.25) is 0 Å². The fraction of sp³-hybridized carbons (Fsp3) is 0.417. The maximum absolute atomic E-state index is 14.5. The first-order valence-corrected chi connectivity index (χ1v) is 11.8. The number of likely N-dealkylation sites (tertiary alicyclic amines) is 1. The number of hydrogen-bond donors (Lipinski definition) is 1. The van der Waals surface area contributed by atoms with Crippen molar-refractivity contribution < 1.29 is 9.18 Å². The number of nitrogens with one attached hydrogen (secondary N) is 1. The van der Waals surface area contributed by atoms with E-state index >= 15 is 0 Å². The first kappa shape index (κ1) is 21.9. The summed E-state index contributed by atoms with van der Waals surface area (Å²) < 4.78 is 18.9. The second-order valence-electron chi connectivity index (χ2n) is 8.90. The molecule has 5 rings (SSSR count). The van der Waals surface area contributed by atoms with Gasteiger partial charge in [0.1, 0.15) is 11.6 Å². The molecule has 9 heteroatoms. The molecule has 7 nitrogen and oxygen atoms in total. The van der Waals surface area contributed by atoms with E-state index in [0.29, 0.717) is 35.2 Å². The highest BCUT2D eigenvalue weighted by atomic mass is 32.1. The molecule has 1 aliphatic carbocycles. The van der Waals surface area contributed by atoms with Crippen molar-refractivity contribution >= 4 is 23.9 Å². The van der Waals surface area contributed by atoms with Gasteiger partial charge in [-0.25, -0.2) is 14.1 Å². The zero-order chi connectivity index (χ0) is 22.9. The maximum Gasteiger partial charge on any atom is 0.229 e. The van der Waals surface area contributed by atoms with Gasteiger partial charge in [-0.15, -0.1) is 0 Å². The zero-order valence-electron chi connectivity index (χ0n) is 18.6. The number of benzene rings is 1. The summed E-state index contributed by atoms with van der Waals surface area (Å²) in [6.07, 6.45) is 3.80. The van der Waals surface area contributed by atoms with Crippen LogP contribution in [0.25, 0.3) is 11.4 Å². The highest BCUT2D eigenvalue weighted by molar-refractivity contribution is 7.71. The molecule has 1 aromatic carbocycles. The summed E-state index contributed by atoms with van der Waals surface area (Å²) in [4.78, 5) is 19.4. The number of hydrogen-bond acceptors (Lipinski definition) is 5. The van der Waals surface area contributed by atoms with E-state index in [2.05, 4.69) is 15.2 Å². The van der Waals surface area contributed by atoms with Crippen LogP contribution in [-0.2, 0) is 11.5 Å². The van der Waals surface area contributed by atoms with Gasteiger partial charge >= 0.3 is 0 Å². The quantitative estimate of drug-likeness (QED) is 0.539. The molecule has 1 unspecified atom stereocenters. The van der Waals surface area contributed by atoms with Crippen molar-refractivity contribution in [1.82, 2.24) is 24.2 Å². The molecule has 0 spiro atoms. The number of pyridine rings is 1. The Labute approximate surface area is 197 Å². The Morgan fingerprint density at radius 3 is 2.76 bits per heavy atom. The number of carbonyl (C=O) groups excluding carboxylic acids is 1. The van der Waals surface area contributed by atoms with E-state index in [1.165, 1.54) is 6.07 Å². The fourth-order valence-corrected chi connectivity index (χ4v) is 4.76. The Balaban J connectivity index is 1.33. The Morgan fingerprint density at radius 1 is 1.18 bits per heavy atom. The van der Waals surface area contributed by atoms with Gasteiger partial charge in [-0.2, -0.15) is 5.10 Å². The van der Waals surface area contributed by atoms with E-state index < -0.39 is 0 Å². The second-order valence-corrected chi connectivity index (χ2v) is 9.26. The molecule has 0 radical (unpaired) electrons. The highest BCUT2D eigenvalue weighted by Gasteiger charge is 2.31. The van der Waals surface area contributed by atoms with Crippen LogP contribution in [0.3, 0.4) is 0 Å². The Bertz CT molecular complexity index is 1230. The number of nitrogens with zero attached hydrogens (tertiary/aromatic N) is 5. The normalized spacial score (nSPS) is 18.9. The van der Waals surface area contributed by atoms with Gasteiger partial charge in [0.15, 0.2) is 10.6 Å². The lowest BCUT2D eigenvalue weighted by Crippen LogP contribution is -2.41. The van der Waals surface area contributed by atoms with Crippen molar-refractivity contribution in [2.24, 2.45) is 5.92 Å². The highest BCUT2D eigenvalue weighted by Crippen LogP contribution is 2.39. The molecule has 1 amide bonds. The summed E-state index contributed by atoms with van der Waals surface area (Å²) in [6.45, 7) is 3.86. The molecule has 2 aromatic heterocycles. The number of aromatic nitrogens is 4. The van der Waals surface area contributed by atoms with E-state index in [-0.39, 0.29) is 23.7 Å². The van der Waals surface area contributed by atoms with Crippen molar-refractivity contribution in [3.05, 3.63) is 58.7 Å². The number of aryl methyl sites for hydroxylation is 1. The number of rotatable bonds is 6. The summed E-state index contributed by atoms with van der Waals surface area (Å²) in [5.74, 6) is 0.712. The van der Waals surface area contributed by atoms with Crippen LogP contribution in [0.4, 0.5) is 10.2 Å². The van der Waals surface area contributed by atoms with Crippen molar-refractivity contribution in [3.8, 4) is 11.4 Å². The van der Waals surface area contributed by atoms with E-state index in [9.17, 15) is 9.18 Å². The van der Waals surface area contributed by atoms with Gasteiger partial charge in [-0.3, -0.25) is 14.3 Å². The standard InChI is InChI=1S/C24H27FN6OS/c1-16-6-4-10-21(26-16)27-23(32)17-7-5-13-29(14-17)15-30-24(33)31(18-11-12-18)22(28-30)19-8-2-3-9-20(19)25/h2-4,6,8-10,17-18H,5,7,11-15H2,1H3,(H,26,27,32). The Morgan fingerprint density at radius 2 is 2.00 bits per heavy atom. The molecule has 0 bridgehead atoms. The van der Waals surface area contributed by atoms with E-state index in [1.807, 2.05) is 29.7 Å². The third kappa shape index (κ3) is 4.74. The molecular weight excluding hydrogens is 439 g/mol. The number of amides is 1. The number of piperidine rings is 1. The van der Waals surface area contributed by atoms with Crippen LogP contribution in [0.5, 0.6) is 0 Å². The molecule has 2 fully saturated rings. The predicted octanol–water partition coefficient (Wildman–Crippen LogP) is 4.57. The lowest BCUT2D eigenvalue weighted by Gasteiger charge is -2.31. The number of anilines is 1. The molecule has 3 heterocycles. The van der Waals surface area contributed by atoms with Crippen molar-refractivity contribution in [1.29, 1.82) is 0 Å². The third-order valence-corrected chi connectivity index (χ3v) is 6.65. The molecule has 1 atom stereocenters. The van der Waals surface area contributed by atoms with Crippen LogP contribution in [0, 0.1) is 23.4 Å². The van der Waals surface area contributed by atoms with Crippen molar-refractivity contribution in [2.75, 3.05) is 18.4 Å². The predicted molar refractivity (Wildman–Crippen MR) is 127 cm³/mol. The fourth-order valence-electron chi connectivity index (χ4n) is 4.43. The molecule has 1 N–H and O–H groups in total. The van der Waals surface area contributed by atoms with Gasteiger partial charge in [-0.05, 0) is 75.6 Å². The summed E-state index contributed by atoms with van der Waals surface area (Å²) in [5.41, 5.74) is 1.33. The van der Waals surface area contributed by atoms with Gasteiger partial charge in [0.05, 0.1) is 18.2 Å². The summed E-state index contributed by atoms with van der Waals surface area (Å²) in [7, 11) is 0. The molecule has 172 valence electrons. The van der Waals surface area contributed by atoms with Crippen LogP contribution in [0.1, 0.15) is 37.4 Å². The van der Waals surface area contributed by atoms with Gasteiger partial charge in [0.25, 0.3) is 0 Å². The minimum atomic E-state index is -0.300. The lowest BCUT2D eigenvalue weighted by molar-refractivity contribution is -0.121. The average Bonchev–Trinajstić information content (AvgIpc) is 3.59. The first-order valence-electron chi connectivity index (χ1n) is 11.4. The largest absolute Gasteiger partial charge is 0.310 e. The molecule has 1 saturated heterocycles. The van der Waals surface area contributed by atoms with Crippen LogP contribution in [0.15, 0.2) is 42.5 Å². The van der Waals surface area contributed by atoms with Gasteiger partial charge in [-0.1, -0.05) is 18.2 Å². The third-order valence-electron chi connectivity index (χ3n) is 6.25. The van der Waals surface area contributed by atoms with E-state index in [1.54, 1.807) is 22.9 Å². The van der Waals surface area contributed by atoms with Crippen LogP contribution in [-0.4, -0.2) is 43.2 Å². The monoisotopic (exact) mass is 466 g/mol. The summed E-state index contributed by atoms with van der Waals surface area (Å²) >= 11 is 5.75. The van der Waals surface area contributed by atoms with Crippen molar-refractivity contribution in [3.63, 3.8) is 0 Å². The SMILES string of the molecule is Cc1cccc(NC(=O)C2CCCN(Cn3nc(-c4ccccc4F)n(C4CC4)c3=S)C2)n1. The minimum Gasteiger partial charge on any atom is -0.310 e. The van der Waals surface area contributed by atoms with Crippen LogP contribution >= 0.6 is 12.2 Å². The van der Waals surface area contributed by atoms with E-state index in [0.717, 1.165) is 37.9 Å². The first-order chi connectivity index (χ1) is 16.0. The lowest BCUT2D eigenvalue weighted by atomic mass is 9.97. The smallest absolute Gasteiger partial charge is 0.229 e. The van der Waals surface area contributed by atoms with Crippen LogP contribution < -0.4 is 5.32 Å². The number of carbonyl (C=O) groups is 1. The van der Waals surface area contributed by atoms with Gasteiger partial charge < -0.3 is 5.32 Å². The molecular formula is C24H27FN6OS. The Kier molecular flexibility index (Phi) is 6.07. The molecule has 3 aromatic rings. The van der Waals surface area contributed by atoms with Gasteiger partial charge in [0, 0.05) is 18.3 Å². The van der Waals surface area contributed by atoms with E-state index in [4.69, 9.17) is 17.3 Å². The summed E-state index contributed by atoms with van der Waals surface area (Å²) in [6, 6.07) is 12.6. The molecule has 1 saturated carbocycles. The average molecular weight is 467 g/mol. The zero-order valence-corrected chi connectivity index (χ0v) is 19.4. The minimum absolute atomic E-state index is 0.0167. The number of halogens is 1.